The second-order valence-electron chi connectivity index (χ2n) is 9.73. The Morgan fingerprint density at radius 1 is 0.707 bits per heavy atom. The van der Waals surface area contributed by atoms with E-state index < -0.39 is 0 Å². The summed E-state index contributed by atoms with van der Waals surface area (Å²) in [6, 6.07) is 19.0. The van der Waals surface area contributed by atoms with Crippen molar-refractivity contribution < 1.29 is 9.59 Å². The molecule has 3 aromatic rings. The number of pyridine rings is 2. The minimum atomic E-state index is -0.190. The van der Waals surface area contributed by atoms with E-state index in [2.05, 4.69) is 58.0 Å². The molecule has 2 fully saturated rings. The van der Waals surface area contributed by atoms with Crippen LogP contribution in [0.1, 0.15) is 20.7 Å². The van der Waals surface area contributed by atoms with Crippen LogP contribution in [0.3, 0.4) is 0 Å². The van der Waals surface area contributed by atoms with E-state index in [1.807, 2.05) is 36.7 Å². The Morgan fingerprint density at radius 3 is 1.68 bits per heavy atom. The fraction of sp³-hybridized carbons (Fsp3) is 0.400. The molecule has 0 radical (unpaired) electrons. The Kier molecular flexibility index (Phi) is 12.1. The van der Waals surface area contributed by atoms with Gasteiger partial charge < -0.3 is 20.9 Å². The number of fused-ring (bicyclic) bond motifs is 1. The number of benzene rings is 1. The van der Waals surface area contributed by atoms with Crippen LogP contribution in [0.25, 0.3) is 0 Å². The molecule has 2 aromatic heterocycles. The van der Waals surface area contributed by atoms with Gasteiger partial charge in [-0.15, -0.1) is 0 Å². The molecule has 2 amide bonds. The van der Waals surface area contributed by atoms with Crippen molar-refractivity contribution in [2.75, 3.05) is 87.1 Å². The van der Waals surface area contributed by atoms with Gasteiger partial charge in [-0.3, -0.25) is 19.4 Å². The quantitative estimate of drug-likeness (QED) is 0.316. The van der Waals surface area contributed by atoms with Gasteiger partial charge in [-0.1, -0.05) is 40.2 Å². The summed E-state index contributed by atoms with van der Waals surface area (Å²) in [7, 11) is 0. The molecule has 0 atom stereocenters. The summed E-state index contributed by atoms with van der Waals surface area (Å²) in [5.74, 6) is 1.80. The minimum Gasteiger partial charge on any atom is -0.354 e. The first-order valence-electron chi connectivity index (χ1n) is 14.1. The largest absolute Gasteiger partial charge is 0.354 e. The summed E-state index contributed by atoms with van der Waals surface area (Å²) in [6.45, 7) is 10.7. The number of nitrogens with two attached hydrogens (primary N) is 1. The minimum absolute atomic E-state index is 0.190. The highest BCUT2D eigenvalue weighted by atomic mass is 79.9. The first kappa shape index (κ1) is 30.6. The van der Waals surface area contributed by atoms with Gasteiger partial charge in [-0.05, 0) is 36.4 Å². The monoisotopic (exact) mass is 622 g/mol. The van der Waals surface area contributed by atoms with Crippen molar-refractivity contribution in [3.8, 4) is 0 Å². The Labute approximate surface area is 250 Å². The van der Waals surface area contributed by atoms with Crippen molar-refractivity contribution in [3.05, 3.63) is 84.2 Å². The van der Waals surface area contributed by atoms with Gasteiger partial charge in [0.2, 0.25) is 0 Å². The summed E-state index contributed by atoms with van der Waals surface area (Å²) < 4.78 is 0. The SMILES string of the molecule is NCCN1CCN(c2ccccn2)CC1.O=C1c2ccccc2C(=O)N1CCBr.c1ccc(N2CCNCC2)nc1. The number of rotatable bonds is 6. The van der Waals surface area contributed by atoms with E-state index in [9.17, 15) is 9.59 Å². The molecule has 10 nitrogen and oxygen atoms in total. The Balaban J connectivity index is 0.000000142. The average molecular weight is 624 g/mol. The lowest BCUT2D eigenvalue weighted by Crippen LogP contribution is -2.48. The first-order chi connectivity index (χ1) is 20.1. The van der Waals surface area contributed by atoms with E-state index in [-0.39, 0.29) is 11.8 Å². The lowest BCUT2D eigenvalue weighted by atomic mass is 10.1. The maximum Gasteiger partial charge on any atom is 0.261 e. The number of nitrogens with zero attached hydrogens (tertiary/aromatic N) is 6. The lowest BCUT2D eigenvalue weighted by molar-refractivity contribution is 0.0664. The number of piperazine rings is 2. The van der Waals surface area contributed by atoms with Crippen LogP contribution in [0.15, 0.2) is 73.1 Å². The molecule has 1 aromatic carbocycles. The second-order valence-corrected chi connectivity index (χ2v) is 10.5. The summed E-state index contributed by atoms with van der Waals surface area (Å²) in [5.41, 5.74) is 6.56. The molecule has 3 N–H and O–H groups in total. The molecule has 0 unspecified atom stereocenters. The van der Waals surface area contributed by atoms with E-state index >= 15 is 0 Å². The number of alkyl halides is 1. The Bertz CT molecular complexity index is 1180. The van der Waals surface area contributed by atoms with Gasteiger partial charge in [0.25, 0.3) is 11.8 Å². The van der Waals surface area contributed by atoms with Gasteiger partial charge in [0.05, 0.1) is 11.1 Å². The number of nitrogens with one attached hydrogen (secondary N) is 1. The van der Waals surface area contributed by atoms with Gasteiger partial charge in [-0.2, -0.15) is 0 Å². The molecule has 2 saturated heterocycles. The Morgan fingerprint density at radius 2 is 1.22 bits per heavy atom. The number of amides is 2. The van der Waals surface area contributed by atoms with Crippen molar-refractivity contribution in [1.29, 1.82) is 0 Å². The summed E-state index contributed by atoms with van der Waals surface area (Å²) in [4.78, 5) is 40.3. The summed E-state index contributed by atoms with van der Waals surface area (Å²) in [5, 5.41) is 3.92. The molecule has 218 valence electrons. The van der Waals surface area contributed by atoms with Gasteiger partial charge in [0, 0.05) is 89.7 Å². The van der Waals surface area contributed by atoms with Crippen molar-refractivity contribution in [3.63, 3.8) is 0 Å². The van der Waals surface area contributed by atoms with Gasteiger partial charge >= 0.3 is 0 Å². The summed E-state index contributed by atoms with van der Waals surface area (Å²) >= 11 is 3.21. The number of carbonyl (C=O) groups is 2. The molecule has 5 heterocycles. The molecule has 3 aliphatic heterocycles. The highest BCUT2D eigenvalue weighted by molar-refractivity contribution is 9.09. The van der Waals surface area contributed by atoms with Crippen LogP contribution in [0.4, 0.5) is 11.6 Å². The third-order valence-corrected chi connectivity index (χ3v) is 7.42. The van der Waals surface area contributed by atoms with E-state index in [0.29, 0.717) is 23.0 Å². The zero-order valence-electron chi connectivity index (χ0n) is 23.4. The molecule has 0 aliphatic carbocycles. The van der Waals surface area contributed by atoms with Crippen molar-refractivity contribution >= 4 is 39.4 Å². The van der Waals surface area contributed by atoms with Gasteiger partial charge in [0.15, 0.2) is 0 Å². The molecule has 0 bridgehead atoms. The predicted molar refractivity (Wildman–Crippen MR) is 167 cm³/mol. The molecule has 3 aliphatic rings. The van der Waals surface area contributed by atoms with E-state index in [4.69, 9.17) is 5.73 Å². The molecule has 11 heteroatoms. The normalized spacial score (nSPS) is 16.9. The molecule has 0 saturated carbocycles. The van der Waals surface area contributed by atoms with E-state index in [0.717, 1.165) is 77.1 Å². The van der Waals surface area contributed by atoms with Gasteiger partial charge in [-0.25, -0.2) is 9.97 Å². The van der Waals surface area contributed by atoms with Crippen LogP contribution in [0.5, 0.6) is 0 Å². The maximum atomic E-state index is 11.7. The van der Waals surface area contributed by atoms with Gasteiger partial charge in [0.1, 0.15) is 11.6 Å². The first-order valence-corrected chi connectivity index (χ1v) is 15.2. The number of hydrogen-bond donors (Lipinski definition) is 2. The highest BCUT2D eigenvalue weighted by Crippen LogP contribution is 2.22. The third kappa shape index (κ3) is 8.56. The Hall–Kier alpha value is -3.38. The molecule has 0 spiro atoms. The zero-order chi connectivity index (χ0) is 28.9. The number of aromatic nitrogens is 2. The van der Waals surface area contributed by atoms with Crippen LogP contribution < -0.4 is 20.9 Å². The smallest absolute Gasteiger partial charge is 0.261 e. The second kappa shape index (κ2) is 16.2. The predicted octanol–water partition coefficient (Wildman–Crippen LogP) is 2.33. The topological polar surface area (TPSA) is 111 Å². The number of anilines is 2. The van der Waals surface area contributed by atoms with Crippen LogP contribution in [0.2, 0.25) is 0 Å². The van der Waals surface area contributed by atoms with Crippen molar-refractivity contribution in [1.82, 2.24) is 25.1 Å². The zero-order valence-corrected chi connectivity index (χ0v) is 25.0. The highest BCUT2D eigenvalue weighted by Gasteiger charge is 2.34. The van der Waals surface area contributed by atoms with Crippen LogP contribution in [0, 0.1) is 0 Å². The van der Waals surface area contributed by atoms with E-state index in [1.165, 1.54) is 4.90 Å². The van der Waals surface area contributed by atoms with Crippen molar-refractivity contribution in [2.45, 2.75) is 0 Å². The molecular weight excluding hydrogens is 584 g/mol. The maximum absolute atomic E-state index is 11.7. The standard InChI is InChI=1S/C11H18N4.C10H8BrNO2.C9H13N3/c12-4-6-14-7-9-15(10-8-14)11-3-1-2-5-13-11;11-5-6-12-9(13)7-3-1-2-4-8(7)10(12)14;1-2-4-11-9(3-1)12-7-5-10-6-8-12/h1-3,5H,4,6-10,12H2;1-4H,5-6H2;1-4,10H,5-8H2. The average Bonchev–Trinajstić information content (AvgIpc) is 3.29. The molecular formula is C30H39BrN8O2. The van der Waals surface area contributed by atoms with Crippen LogP contribution >= 0.6 is 15.9 Å². The fourth-order valence-corrected chi connectivity index (χ4v) is 5.24. The molecule has 6 rings (SSSR count). The fourth-order valence-electron chi connectivity index (χ4n) is 4.89. The lowest BCUT2D eigenvalue weighted by Gasteiger charge is -2.35. The van der Waals surface area contributed by atoms with E-state index in [1.54, 1.807) is 24.3 Å². The third-order valence-electron chi connectivity index (χ3n) is 7.07. The molecule has 41 heavy (non-hydrogen) atoms. The summed E-state index contributed by atoms with van der Waals surface area (Å²) in [6.07, 6.45) is 3.69. The van der Waals surface area contributed by atoms with Crippen LogP contribution in [-0.4, -0.2) is 109 Å². The van der Waals surface area contributed by atoms with Crippen molar-refractivity contribution in [2.24, 2.45) is 5.73 Å². The van der Waals surface area contributed by atoms with Crippen LogP contribution in [-0.2, 0) is 0 Å². The number of hydrogen-bond acceptors (Lipinski definition) is 9. The number of imide groups is 1. The number of carbonyl (C=O) groups excluding carboxylic acids is 2. The number of halogens is 1.